The third-order valence-corrected chi connectivity index (χ3v) is 5.69. The highest BCUT2D eigenvalue weighted by Crippen LogP contribution is 2.28. The summed E-state index contributed by atoms with van der Waals surface area (Å²) in [6.07, 6.45) is 1.56. The highest BCUT2D eigenvalue weighted by atomic mass is 79.9. The highest BCUT2D eigenvalue weighted by Gasteiger charge is 2.13. The van der Waals surface area contributed by atoms with Gasteiger partial charge in [-0.3, -0.25) is 19.2 Å². The maximum absolute atomic E-state index is 11.0. The van der Waals surface area contributed by atoms with Crippen LogP contribution in [0, 0.1) is 41.5 Å². The van der Waals surface area contributed by atoms with Crippen LogP contribution in [0.2, 0.25) is 0 Å². The number of aliphatic hydroxyl groups excluding tert-OH is 2. The number of phenolic OH excluding ortho intramolecular Hbond substituents is 1. The molecule has 35 heavy (non-hydrogen) atoms. The Labute approximate surface area is 214 Å². The second-order valence-electron chi connectivity index (χ2n) is 7.83. The number of ether oxygens (including phenoxy) is 1. The third kappa shape index (κ3) is 9.71. The highest BCUT2D eigenvalue weighted by molar-refractivity contribution is 9.09. The first-order valence-corrected chi connectivity index (χ1v) is 11.8. The Bertz CT molecular complexity index is 1050. The van der Waals surface area contributed by atoms with Crippen LogP contribution >= 0.6 is 15.9 Å². The van der Waals surface area contributed by atoms with Crippen LogP contribution in [0.3, 0.4) is 0 Å². The molecule has 2 rings (SSSR count). The molecule has 0 aliphatic rings. The maximum Gasteiger partial charge on any atom is 0.195 e. The smallest absolute Gasteiger partial charge is 0.195 e. The maximum atomic E-state index is 11.0. The molecule has 0 amide bonds. The molecule has 0 bridgehead atoms. The van der Waals surface area contributed by atoms with Gasteiger partial charge in [0, 0.05) is 22.3 Å². The molecule has 8 nitrogen and oxygen atoms in total. The van der Waals surface area contributed by atoms with Gasteiger partial charge in [-0.15, -0.1) is 0 Å². The lowest BCUT2D eigenvalue weighted by Crippen LogP contribution is -2.16. The van der Waals surface area contributed by atoms with E-state index < -0.39 is 12.4 Å². The SMILES string of the molecule is Cc1cc(C)c(C=O)c(C)c1O.Cc1cc(C)c(OCC(=O)CO)c(C)c1C=O.O=C(CO)CBr. The number of carbonyl (C=O) groups is 4. The minimum absolute atomic E-state index is 0.181. The van der Waals surface area contributed by atoms with Crippen LogP contribution in [-0.4, -0.2) is 64.6 Å². The number of aromatic hydroxyl groups is 1. The van der Waals surface area contributed by atoms with Gasteiger partial charge in [0.25, 0.3) is 0 Å². The number of rotatable bonds is 8. The van der Waals surface area contributed by atoms with Gasteiger partial charge in [0.15, 0.2) is 24.1 Å². The van der Waals surface area contributed by atoms with Crippen molar-refractivity contribution in [3.8, 4) is 11.5 Å². The van der Waals surface area contributed by atoms with Crippen molar-refractivity contribution >= 4 is 40.1 Å². The van der Waals surface area contributed by atoms with E-state index >= 15 is 0 Å². The van der Waals surface area contributed by atoms with Crippen LogP contribution in [0.4, 0.5) is 0 Å². The van der Waals surface area contributed by atoms with Gasteiger partial charge in [-0.25, -0.2) is 0 Å². The van der Waals surface area contributed by atoms with Gasteiger partial charge >= 0.3 is 0 Å². The molecule has 192 valence electrons. The van der Waals surface area contributed by atoms with Gasteiger partial charge < -0.3 is 20.1 Å². The van der Waals surface area contributed by atoms with Crippen molar-refractivity contribution in [3.63, 3.8) is 0 Å². The lowest BCUT2D eigenvalue weighted by atomic mass is 9.99. The molecule has 0 aliphatic carbocycles. The molecule has 0 saturated heterocycles. The Morgan fingerprint density at radius 2 is 1.26 bits per heavy atom. The van der Waals surface area contributed by atoms with Crippen molar-refractivity contribution in [1.82, 2.24) is 0 Å². The van der Waals surface area contributed by atoms with E-state index in [9.17, 15) is 24.3 Å². The number of Topliss-reactive ketones (excluding diaryl/α,β-unsaturated/α-hetero) is 2. The third-order valence-electron chi connectivity index (χ3n) is 5.07. The number of hydrogen-bond acceptors (Lipinski definition) is 8. The first-order chi connectivity index (χ1) is 16.4. The normalized spacial score (nSPS) is 9.74. The minimum atomic E-state index is -0.537. The standard InChI is InChI=1S/C13H16O4.C10H12O2.C3H5BrO2/c1-8-4-9(2)13(10(3)12(8)6-15)17-7-11(16)5-14;1-6-4-7(2)10(12)8(3)9(6)5-11;4-1-3(6)2-5/h4,6,14H,5,7H2,1-3H3;4-5,12H,1-3H3;5H,1-2H2. The van der Waals surface area contributed by atoms with Crippen LogP contribution in [0.15, 0.2) is 12.1 Å². The molecular weight excluding hydrogens is 520 g/mol. The molecule has 2 aromatic carbocycles. The van der Waals surface area contributed by atoms with Gasteiger partial charge in [-0.2, -0.15) is 0 Å². The molecule has 0 fully saturated rings. The fourth-order valence-electron chi connectivity index (χ4n) is 3.20. The Balaban J connectivity index is 0.000000557. The summed E-state index contributed by atoms with van der Waals surface area (Å²) in [5.41, 5.74) is 6.06. The van der Waals surface area contributed by atoms with E-state index in [2.05, 4.69) is 15.9 Å². The topological polar surface area (TPSA) is 138 Å². The number of carbonyl (C=O) groups excluding carboxylic acids is 4. The summed E-state index contributed by atoms with van der Waals surface area (Å²) < 4.78 is 5.35. The summed E-state index contributed by atoms with van der Waals surface area (Å²) in [4.78, 5) is 42.4. The van der Waals surface area contributed by atoms with Crippen LogP contribution in [0.1, 0.15) is 54.1 Å². The molecule has 2 aromatic rings. The number of benzene rings is 2. The molecule has 0 aliphatic heterocycles. The molecule has 9 heteroatoms. The van der Waals surface area contributed by atoms with Gasteiger partial charge in [0.1, 0.15) is 31.3 Å². The molecule has 0 saturated carbocycles. The Hall–Kier alpha value is -2.88. The summed E-state index contributed by atoms with van der Waals surface area (Å²) in [5.74, 6) is 0.189. The van der Waals surface area contributed by atoms with Gasteiger partial charge in [-0.1, -0.05) is 28.1 Å². The van der Waals surface area contributed by atoms with E-state index in [1.165, 1.54) is 0 Å². The lowest BCUT2D eigenvalue weighted by molar-refractivity contribution is -0.123. The van der Waals surface area contributed by atoms with E-state index in [0.29, 0.717) is 22.4 Å². The molecule has 0 heterocycles. The van der Waals surface area contributed by atoms with Crippen molar-refractivity contribution in [2.45, 2.75) is 41.5 Å². The van der Waals surface area contributed by atoms with E-state index in [-0.39, 0.29) is 30.1 Å². The van der Waals surface area contributed by atoms with Crippen molar-refractivity contribution in [3.05, 3.63) is 56.6 Å². The zero-order chi connectivity index (χ0) is 27.3. The summed E-state index contributed by atoms with van der Waals surface area (Å²) in [7, 11) is 0. The van der Waals surface area contributed by atoms with E-state index in [1.807, 2.05) is 39.8 Å². The predicted octanol–water partition coefficient (Wildman–Crippen LogP) is 3.44. The predicted molar refractivity (Wildman–Crippen MR) is 137 cm³/mol. The number of hydrogen-bond donors (Lipinski definition) is 3. The largest absolute Gasteiger partial charge is 0.507 e. The molecular formula is C26H33BrO8. The van der Waals surface area contributed by atoms with Crippen LogP contribution in [0.5, 0.6) is 11.5 Å². The van der Waals surface area contributed by atoms with Crippen molar-refractivity contribution in [2.24, 2.45) is 0 Å². The summed E-state index contributed by atoms with van der Waals surface area (Å²) in [6.45, 7) is 9.85. The average molecular weight is 553 g/mol. The van der Waals surface area contributed by atoms with Crippen LogP contribution in [0.25, 0.3) is 0 Å². The van der Waals surface area contributed by atoms with E-state index in [4.69, 9.17) is 14.9 Å². The zero-order valence-corrected chi connectivity index (χ0v) is 22.5. The lowest BCUT2D eigenvalue weighted by Gasteiger charge is -2.14. The molecule has 0 aromatic heterocycles. The van der Waals surface area contributed by atoms with Gasteiger partial charge in [-0.05, 0) is 63.8 Å². The number of alkyl halides is 1. The molecule has 0 spiro atoms. The van der Waals surface area contributed by atoms with E-state index in [0.717, 1.165) is 40.4 Å². The van der Waals surface area contributed by atoms with Crippen LogP contribution < -0.4 is 4.74 Å². The average Bonchev–Trinajstić information content (AvgIpc) is 2.82. The van der Waals surface area contributed by atoms with Crippen molar-refractivity contribution in [2.75, 3.05) is 25.2 Å². The van der Waals surface area contributed by atoms with Gasteiger partial charge in [0.05, 0.1) is 5.33 Å². The fraction of sp³-hybridized carbons (Fsp3) is 0.385. The molecule has 3 N–H and O–H groups in total. The fourth-order valence-corrected chi connectivity index (χ4v) is 3.37. The number of aldehydes is 2. The quantitative estimate of drug-likeness (QED) is 0.334. The van der Waals surface area contributed by atoms with Gasteiger partial charge in [0.2, 0.25) is 0 Å². The minimum Gasteiger partial charge on any atom is -0.507 e. The Kier molecular flexibility index (Phi) is 14.6. The molecule has 0 atom stereocenters. The number of ketones is 2. The first kappa shape index (κ1) is 32.1. The van der Waals surface area contributed by atoms with Crippen LogP contribution in [-0.2, 0) is 9.59 Å². The summed E-state index contributed by atoms with van der Waals surface area (Å²) in [6, 6.07) is 3.65. The second kappa shape index (κ2) is 15.9. The summed E-state index contributed by atoms with van der Waals surface area (Å²) in [5, 5.41) is 26.3. The second-order valence-corrected chi connectivity index (χ2v) is 8.39. The zero-order valence-electron chi connectivity index (χ0n) is 20.9. The summed E-state index contributed by atoms with van der Waals surface area (Å²) >= 11 is 2.87. The number of aryl methyl sites for hydroxylation is 4. The van der Waals surface area contributed by atoms with E-state index in [1.54, 1.807) is 13.8 Å². The first-order valence-electron chi connectivity index (χ1n) is 10.6. The van der Waals surface area contributed by atoms with Crippen molar-refractivity contribution in [1.29, 1.82) is 0 Å². The number of aliphatic hydroxyl groups is 2. The molecule has 0 unspecified atom stereocenters. The molecule has 0 radical (unpaired) electrons. The Morgan fingerprint density at radius 3 is 1.66 bits per heavy atom. The number of phenols is 1. The Morgan fingerprint density at radius 1 is 0.800 bits per heavy atom. The number of halogens is 1. The van der Waals surface area contributed by atoms with Crippen molar-refractivity contribution < 1.29 is 39.2 Å². The monoisotopic (exact) mass is 552 g/mol.